The van der Waals surface area contributed by atoms with Crippen molar-refractivity contribution in [2.24, 2.45) is 0 Å². The van der Waals surface area contributed by atoms with Crippen molar-refractivity contribution in [3.63, 3.8) is 0 Å². The molecular formula is C22H20N2O3S. The molecule has 0 fully saturated rings. The predicted octanol–water partition coefficient (Wildman–Crippen LogP) is 4.47. The Kier molecular flexibility index (Phi) is 6.24. The number of hydrogen-bond donors (Lipinski definition) is 2. The molecule has 2 aromatic carbocycles. The lowest BCUT2D eigenvalue weighted by molar-refractivity contribution is -0.113. The number of benzene rings is 2. The predicted molar refractivity (Wildman–Crippen MR) is 113 cm³/mol. The number of carbonyl (C=O) groups excluding carboxylic acids is 2. The van der Waals surface area contributed by atoms with Gasteiger partial charge in [0.2, 0.25) is 0 Å². The maximum absolute atomic E-state index is 12.8. The summed E-state index contributed by atoms with van der Waals surface area (Å²) in [4.78, 5) is 26.3. The first kappa shape index (κ1) is 19.4. The highest BCUT2D eigenvalue weighted by Gasteiger charge is 2.15. The van der Waals surface area contributed by atoms with E-state index in [1.54, 1.807) is 49.6 Å². The van der Waals surface area contributed by atoms with Gasteiger partial charge >= 0.3 is 0 Å². The van der Waals surface area contributed by atoms with E-state index in [0.717, 1.165) is 10.4 Å². The Morgan fingerprint density at radius 1 is 1.04 bits per heavy atom. The molecule has 6 heteroatoms. The van der Waals surface area contributed by atoms with Crippen molar-refractivity contribution in [1.29, 1.82) is 0 Å². The van der Waals surface area contributed by atoms with E-state index in [4.69, 9.17) is 4.74 Å². The molecule has 5 nitrogen and oxygen atoms in total. The Balaban J connectivity index is 1.82. The van der Waals surface area contributed by atoms with Crippen molar-refractivity contribution in [2.45, 2.75) is 6.92 Å². The van der Waals surface area contributed by atoms with Crippen molar-refractivity contribution in [2.75, 3.05) is 12.4 Å². The third kappa shape index (κ3) is 5.08. The molecule has 0 radical (unpaired) electrons. The van der Waals surface area contributed by atoms with Gasteiger partial charge in [-0.2, -0.15) is 0 Å². The van der Waals surface area contributed by atoms with Gasteiger partial charge in [-0.1, -0.05) is 23.8 Å². The van der Waals surface area contributed by atoms with Gasteiger partial charge in [-0.25, -0.2) is 0 Å². The minimum Gasteiger partial charge on any atom is -0.497 e. The number of carbonyl (C=O) groups is 2. The van der Waals surface area contributed by atoms with E-state index in [1.807, 2.05) is 36.6 Å². The number of nitrogens with one attached hydrogen (secondary N) is 2. The molecule has 0 spiro atoms. The maximum atomic E-state index is 12.8. The third-order valence-corrected chi connectivity index (χ3v) is 4.77. The molecule has 3 rings (SSSR count). The average Bonchev–Trinajstić information content (AvgIpc) is 3.21. The summed E-state index contributed by atoms with van der Waals surface area (Å²) in [6, 6.07) is 18.0. The smallest absolute Gasteiger partial charge is 0.272 e. The van der Waals surface area contributed by atoms with Crippen LogP contribution in [-0.4, -0.2) is 18.9 Å². The van der Waals surface area contributed by atoms with Crippen LogP contribution in [0, 0.1) is 6.92 Å². The Morgan fingerprint density at radius 2 is 1.82 bits per heavy atom. The van der Waals surface area contributed by atoms with Crippen LogP contribution in [0.1, 0.15) is 20.8 Å². The summed E-state index contributed by atoms with van der Waals surface area (Å²) >= 11 is 1.48. The molecule has 0 aliphatic carbocycles. The van der Waals surface area contributed by atoms with E-state index in [9.17, 15) is 9.59 Å². The van der Waals surface area contributed by atoms with E-state index in [1.165, 1.54) is 11.3 Å². The summed E-state index contributed by atoms with van der Waals surface area (Å²) in [5, 5.41) is 7.44. The van der Waals surface area contributed by atoms with Gasteiger partial charge in [-0.05, 0) is 60.8 Å². The number of hydrogen-bond acceptors (Lipinski definition) is 4. The minimum absolute atomic E-state index is 0.171. The van der Waals surface area contributed by atoms with Gasteiger partial charge in [0.1, 0.15) is 11.4 Å². The summed E-state index contributed by atoms with van der Waals surface area (Å²) in [6.07, 6.45) is 1.66. The first-order valence-corrected chi connectivity index (χ1v) is 9.52. The number of thiophene rings is 1. The highest BCUT2D eigenvalue weighted by atomic mass is 32.1. The molecule has 2 N–H and O–H groups in total. The lowest BCUT2D eigenvalue weighted by Gasteiger charge is -2.11. The van der Waals surface area contributed by atoms with Crippen LogP contribution in [0.15, 0.2) is 71.7 Å². The standard InChI is InChI=1S/C22H20N2O3S/c1-15-5-3-6-16(13-15)21(25)24-20(14-19-7-4-12-28-19)22(26)23-17-8-10-18(27-2)11-9-17/h3-14H,1-2H3,(H,23,26)(H,24,25)/b20-14-. The lowest BCUT2D eigenvalue weighted by atomic mass is 10.1. The zero-order chi connectivity index (χ0) is 19.9. The fourth-order valence-electron chi connectivity index (χ4n) is 2.53. The molecular weight excluding hydrogens is 372 g/mol. The molecule has 1 heterocycles. The molecule has 1 aromatic heterocycles. The second-order valence-electron chi connectivity index (χ2n) is 6.08. The minimum atomic E-state index is -0.403. The van der Waals surface area contributed by atoms with Crippen LogP contribution < -0.4 is 15.4 Å². The Hall–Kier alpha value is -3.38. The van der Waals surface area contributed by atoms with Crippen molar-refractivity contribution < 1.29 is 14.3 Å². The summed E-state index contributed by atoms with van der Waals surface area (Å²) in [5.41, 5.74) is 2.24. The highest BCUT2D eigenvalue weighted by Crippen LogP contribution is 2.17. The highest BCUT2D eigenvalue weighted by molar-refractivity contribution is 7.10. The number of aryl methyl sites for hydroxylation is 1. The molecule has 0 unspecified atom stereocenters. The zero-order valence-corrected chi connectivity index (χ0v) is 16.4. The number of amides is 2. The Labute approximate surface area is 167 Å². The van der Waals surface area contributed by atoms with Gasteiger partial charge in [-0.3, -0.25) is 9.59 Å². The molecule has 0 atom stereocenters. The maximum Gasteiger partial charge on any atom is 0.272 e. The lowest BCUT2D eigenvalue weighted by Crippen LogP contribution is -2.30. The fraction of sp³-hybridized carbons (Fsp3) is 0.0909. The van der Waals surface area contributed by atoms with Crippen molar-refractivity contribution in [3.05, 3.63) is 87.7 Å². The fourth-order valence-corrected chi connectivity index (χ4v) is 3.18. The first-order valence-electron chi connectivity index (χ1n) is 8.64. The molecule has 0 aliphatic heterocycles. The van der Waals surface area contributed by atoms with E-state index < -0.39 is 5.91 Å². The number of ether oxygens (including phenoxy) is 1. The van der Waals surface area contributed by atoms with Gasteiger partial charge in [0.15, 0.2) is 0 Å². The van der Waals surface area contributed by atoms with Crippen LogP contribution >= 0.6 is 11.3 Å². The SMILES string of the molecule is COc1ccc(NC(=O)/C(=C/c2cccs2)NC(=O)c2cccc(C)c2)cc1. The van der Waals surface area contributed by atoms with E-state index in [-0.39, 0.29) is 11.6 Å². The largest absolute Gasteiger partial charge is 0.497 e. The van der Waals surface area contributed by atoms with E-state index >= 15 is 0 Å². The molecule has 0 bridgehead atoms. The molecule has 0 saturated carbocycles. The average molecular weight is 392 g/mol. The van der Waals surface area contributed by atoms with Gasteiger partial charge in [-0.15, -0.1) is 11.3 Å². The number of anilines is 1. The van der Waals surface area contributed by atoms with Crippen LogP contribution in [0.5, 0.6) is 5.75 Å². The molecule has 3 aromatic rings. The summed E-state index contributed by atoms with van der Waals surface area (Å²) in [5.74, 6) is -0.0453. The van der Waals surface area contributed by atoms with Crippen LogP contribution in [0.3, 0.4) is 0 Å². The summed E-state index contributed by atoms with van der Waals surface area (Å²) in [7, 11) is 1.58. The second-order valence-corrected chi connectivity index (χ2v) is 7.06. The number of methoxy groups -OCH3 is 1. The van der Waals surface area contributed by atoms with Crippen LogP contribution in [-0.2, 0) is 4.79 Å². The molecule has 142 valence electrons. The molecule has 0 saturated heterocycles. The van der Waals surface area contributed by atoms with Gasteiger partial charge in [0.25, 0.3) is 11.8 Å². The van der Waals surface area contributed by atoms with Crippen LogP contribution in [0.4, 0.5) is 5.69 Å². The van der Waals surface area contributed by atoms with Gasteiger partial charge in [0.05, 0.1) is 7.11 Å². The van der Waals surface area contributed by atoms with Crippen molar-refractivity contribution in [3.8, 4) is 5.75 Å². The summed E-state index contributed by atoms with van der Waals surface area (Å²) in [6.45, 7) is 1.91. The van der Waals surface area contributed by atoms with Gasteiger partial charge in [0, 0.05) is 16.1 Å². The third-order valence-electron chi connectivity index (χ3n) is 3.95. The van der Waals surface area contributed by atoms with E-state index in [0.29, 0.717) is 17.0 Å². The number of rotatable bonds is 6. The molecule has 2 amide bonds. The topological polar surface area (TPSA) is 67.4 Å². The molecule has 28 heavy (non-hydrogen) atoms. The Morgan fingerprint density at radius 3 is 2.46 bits per heavy atom. The van der Waals surface area contributed by atoms with Gasteiger partial charge < -0.3 is 15.4 Å². The van der Waals surface area contributed by atoms with Crippen LogP contribution in [0.2, 0.25) is 0 Å². The van der Waals surface area contributed by atoms with Crippen LogP contribution in [0.25, 0.3) is 6.08 Å². The zero-order valence-electron chi connectivity index (χ0n) is 15.6. The second kappa shape index (κ2) is 9.01. The normalized spacial score (nSPS) is 11.0. The first-order chi connectivity index (χ1) is 13.5. The quantitative estimate of drug-likeness (QED) is 0.608. The monoisotopic (exact) mass is 392 g/mol. The molecule has 0 aliphatic rings. The van der Waals surface area contributed by atoms with Crippen molar-refractivity contribution in [1.82, 2.24) is 5.32 Å². The van der Waals surface area contributed by atoms with Crippen molar-refractivity contribution >= 4 is 34.9 Å². The summed E-state index contributed by atoms with van der Waals surface area (Å²) < 4.78 is 5.12. The Bertz CT molecular complexity index is 993. The van der Waals surface area contributed by atoms with E-state index in [2.05, 4.69) is 10.6 Å².